The molecule has 0 unspecified atom stereocenters. The molecule has 68 valence electrons. The summed E-state index contributed by atoms with van der Waals surface area (Å²) in [5, 5.41) is 3.31. The standard InChI is InChI=1S/C10H18N2/c1-3-4-7-12-8-5-10(11-2)6-9-12/h1,10-11H,4-9H2,2H3. The largest absolute Gasteiger partial charge is 0.317 e. The smallest absolute Gasteiger partial charge is 0.0214 e. The highest BCUT2D eigenvalue weighted by atomic mass is 15.1. The van der Waals surface area contributed by atoms with E-state index in [1.165, 1.54) is 25.9 Å². The zero-order chi connectivity index (χ0) is 8.81. The molecule has 1 saturated heterocycles. The second kappa shape index (κ2) is 5.18. The van der Waals surface area contributed by atoms with Crippen LogP contribution in [0.4, 0.5) is 0 Å². The van der Waals surface area contributed by atoms with E-state index in [0.29, 0.717) is 0 Å². The van der Waals surface area contributed by atoms with Gasteiger partial charge in [0.05, 0.1) is 0 Å². The van der Waals surface area contributed by atoms with Crippen LogP contribution in [0.5, 0.6) is 0 Å². The molecule has 0 amide bonds. The summed E-state index contributed by atoms with van der Waals surface area (Å²) in [4.78, 5) is 2.45. The fraction of sp³-hybridized carbons (Fsp3) is 0.800. The van der Waals surface area contributed by atoms with E-state index in [1.807, 2.05) is 7.05 Å². The molecule has 0 aliphatic carbocycles. The minimum atomic E-state index is 0.729. The summed E-state index contributed by atoms with van der Waals surface area (Å²) in [6.07, 6.45) is 8.63. The molecule has 1 aliphatic heterocycles. The van der Waals surface area contributed by atoms with Gasteiger partial charge >= 0.3 is 0 Å². The van der Waals surface area contributed by atoms with E-state index in [9.17, 15) is 0 Å². The molecule has 1 N–H and O–H groups in total. The van der Waals surface area contributed by atoms with Crippen LogP contribution in [0, 0.1) is 12.3 Å². The van der Waals surface area contributed by atoms with Crippen LogP contribution < -0.4 is 5.32 Å². The van der Waals surface area contributed by atoms with Gasteiger partial charge in [-0.3, -0.25) is 0 Å². The Bertz CT molecular complexity index is 152. The van der Waals surface area contributed by atoms with Crippen molar-refractivity contribution in [3.8, 4) is 12.3 Å². The predicted molar refractivity (Wildman–Crippen MR) is 52.0 cm³/mol. The lowest BCUT2D eigenvalue weighted by atomic mass is 10.1. The fourth-order valence-corrected chi connectivity index (χ4v) is 1.67. The van der Waals surface area contributed by atoms with Gasteiger partial charge < -0.3 is 10.2 Å². The number of nitrogens with zero attached hydrogens (tertiary/aromatic N) is 1. The van der Waals surface area contributed by atoms with Gasteiger partial charge in [0.15, 0.2) is 0 Å². The molecule has 1 rings (SSSR count). The van der Waals surface area contributed by atoms with Crippen molar-refractivity contribution in [3.05, 3.63) is 0 Å². The van der Waals surface area contributed by atoms with Crippen LogP contribution in [0.15, 0.2) is 0 Å². The van der Waals surface area contributed by atoms with E-state index in [1.54, 1.807) is 0 Å². The zero-order valence-electron chi connectivity index (χ0n) is 7.84. The van der Waals surface area contributed by atoms with Crippen molar-refractivity contribution >= 4 is 0 Å². The number of piperidine rings is 1. The topological polar surface area (TPSA) is 15.3 Å². The van der Waals surface area contributed by atoms with E-state index in [-0.39, 0.29) is 0 Å². The van der Waals surface area contributed by atoms with Crippen LogP contribution in [0.1, 0.15) is 19.3 Å². The number of hydrogen-bond donors (Lipinski definition) is 1. The van der Waals surface area contributed by atoms with Crippen LogP contribution in [0.3, 0.4) is 0 Å². The zero-order valence-corrected chi connectivity index (χ0v) is 7.84. The highest BCUT2D eigenvalue weighted by Gasteiger charge is 2.16. The minimum Gasteiger partial charge on any atom is -0.317 e. The number of likely N-dealkylation sites (tertiary alicyclic amines) is 1. The molecule has 1 aliphatic rings. The van der Waals surface area contributed by atoms with Crippen molar-refractivity contribution in [2.75, 3.05) is 26.7 Å². The van der Waals surface area contributed by atoms with Crippen molar-refractivity contribution in [1.29, 1.82) is 0 Å². The minimum absolute atomic E-state index is 0.729. The Kier molecular flexibility index (Phi) is 4.13. The summed E-state index contributed by atoms with van der Waals surface area (Å²) in [5.41, 5.74) is 0. The molecule has 12 heavy (non-hydrogen) atoms. The van der Waals surface area contributed by atoms with Gasteiger partial charge in [0.2, 0.25) is 0 Å². The number of hydrogen-bond acceptors (Lipinski definition) is 2. The SMILES string of the molecule is C#CCCN1CCC(NC)CC1. The summed E-state index contributed by atoms with van der Waals surface area (Å²) >= 11 is 0. The third kappa shape index (κ3) is 2.84. The van der Waals surface area contributed by atoms with Crippen molar-refractivity contribution < 1.29 is 0 Å². The average Bonchev–Trinajstić information content (AvgIpc) is 2.15. The van der Waals surface area contributed by atoms with Crippen molar-refractivity contribution in [1.82, 2.24) is 10.2 Å². The Morgan fingerprint density at radius 1 is 1.50 bits per heavy atom. The first-order valence-corrected chi connectivity index (χ1v) is 4.70. The van der Waals surface area contributed by atoms with E-state index >= 15 is 0 Å². The Morgan fingerprint density at radius 2 is 2.17 bits per heavy atom. The van der Waals surface area contributed by atoms with Gasteiger partial charge in [0, 0.05) is 19.0 Å². The summed E-state index contributed by atoms with van der Waals surface area (Å²) < 4.78 is 0. The van der Waals surface area contributed by atoms with Crippen LogP contribution in [-0.4, -0.2) is 37.6 Å². The van der Waals surface area contributed by atoms with Gasteiger partial charge in [-0.05, 0) is 33.0 Å². The molecule has 0 atom stereocenters. The molecular weight excluding hydrogens is 148 g/mol. The first-order valence-electron chi connectivity index (χ1n) is 4.70. The number of nitrogens with one attached hydrogen (secondary N) is 1. The van der Waals surface area contributed by atoms with Gasteiger partial charge in [0.1, 0.15) is 0 Å². The highest BCUT2D eigenvalue weighted by Crippen LogP contribution is 2.09. The maximum absolute atomic E-state index is 5.21. The lowest BCUT2D eigenvalue weighted by molar-refractivity contribution is 0.206. The average molecular weight is 166 g/mol. The molecule has 2 nitrogen and oxygen atoms in total. The Hall–Kier alpha value is -0.520. The Morgan fingerprint density at radius 3 is 2.67 bits per heavy atom. The van der Waals surface area contributed by atoms with Crippen LogP contribution in [-0.2, 0) is 0 Å². The van der Waals surface area contributed by atoms with Gasteiger partial charge in [0.25, 0.3) is 0 Å². The molecule has 0 saturated carbocycles. The van der Waals surface area contributed by atoms with E-state index in [2.05, 4.69) is 16.1 Å². The molecular formula is C10H18N2. The molecule has 0 aromatic rings. The Labute approximate surface area is 75.3 Å². The van der Waals surface area contributed by atoms with Crippen molar-refractivity contribution in [2.24, 2.45) is 0 Å². The fourth-order valence-electron chi connectivity index (χ4n) is 1.67. The first-order chi connectivity index (χ1) is 5.86. The first kappa shape index (κ1) is 9.57. The van der Waals surface area contributed by atoms with Crippen LogP contribution in [0.2, 0.25) is 0 Å². The molecule has 2 heteroatoms. The Balaban J connectivity index is 2.14. The summed E-state index contributed by atoms with van der Waals surface area (Å²) in [6.45, 7) is 3.48. The van der Waals surface area contributed by atoms with Gasteiger partial charge in [-0.1, -0.05) is 0 Å². The molecule has 1 fully saturated rings. The predicted octanol–water partition coefficient (Wildman–Crippen LogP) is 0.694. The second-order valence-electron chi connectivity index (χ2n) is 3.36. The van der Waals surface area contributed by atoms with E-state index in [4.69, 9.17) is 6.42 Å². The summed E-state index contributed by atoms with van der Waals surface area (Å²) in [6, 6.07) is 0.729. The van der Waals surface area contributed by atoms with Crippen LogP contribution >= 0.6 is 0 Å². The maximum Gasteiger partial charge on any atom is 0.0214 e. The molecule has 0 bridgehead atoms. The van der Waals surface area contributed by atoms with Crippen molar-refractivity contribution in [3.63, 3.8) is 0 Å². The maximum atomic E-state index is 5.21. The third-order valence-corrected chi connectivity index (χ3v) is 2.57. The second-order valence-corrected chi connectivity index (χ2v) is 3.36. The molecule has 0 aromatic heterocycles. The third-order valence-electron chi connectivity index (χ3n) is 2.57. The molecule has 0 spiro atoms. The summed E-state index contributed by atoms with van der Waals surface area (Å²) in [5.74, 6) is 2.68. The van der Waals surface area contributed by atoms with E-state index in [0.717, 1.165) is 19.0 Å². The highest BCUT2D eigenvalue weighted by molar-refractivity contribution is 4.86. The normalized spacial score (nSPS) is 20.7. The molecule has 0 aromatic carbocycles. The van der Waals surface area contributed by atoms with Gasteiger partial charge in [-0.25, -0.2) is 0 Å². The summed E-state index contributed by atoms with van der Waals surface area (Å²) in [7, 11) is 2.04. The van der Waals surface area contributed by atoms with Gasteiger partial charge in [-0.15, -0.1) is 12.3 Å². The molecule has 0 radical (unpaired) electrons. The molecule has 1 heterocycles. The van der Waals surface area contributed by atoms with Crippen molar-refractivity contribution in [2.45, 2.75) is 25.3 Å². The van der Waals surface area contributed by atoms with E-state index < -0.39 is 0 Å². The van der Waals surface area contributed by atoms with Crippen LogP contribution in [0.25, 0.3) is 0 Å². The number of rotatable bonds is 3. The monoisotopic (exact) mass is 166 g/mol. The lowest BCUT2D eigenvalue weighted by Crippen LogP contribution is -2.41. The van der Waals surface area contributed by atoms with Gasteiger partial charge in [-0.2, -0.15) is 0 Å². The quantitative estimate of drug-likeness (QED) is 0.621. The number of terminal acetylenes is 1. The lowest BCUT2D eigenvalue weighted by Gasteiger charge is -2.31.